The molecule has 11 heteroatoms. The molecule has 2 aliphatic heterocycles. The van der Waals surface area contributed by atoms with Crippen molar-refractivity contribution in [2.45, 2.75) is 22.8 Å². The molecule has 0 atom stereocenters. The van der Waals surface area contributed by atoms with Crippen LogP contribution in [0, 0.1) is 0 Å². The zero-order chi connectivity index (χ0) is 23.7. The first kappa shape index (κ1) is 22.9. The van der Waals surface area contributed by atoms with E-state index in [1.165, 1.54) is 11.8 Å². The molecule has 9 nitrogen and oxygen atoms in total. The van der Waals surface area contributed by atoms with Crippen LogP contribution in [0.5, 0.6) is 23.0 Å². The van der Waals surface area contributed by atoms with Gasteiger partial charge in [0, 0.05) is 16.0 Å². The van der Waals surface area contributed by atoms with Crippen LogP contribution in [-0.4, -0.2) is 50.1 Å². The number of nitrogens with zero attached hydrogens (tertiary/aromatic N) is 2. The Morgan fingerprint density at radius 1 is 1.12 bits per heavy atom. The third-order valence-electron chi connectivity index (χ3n) is 5.39. The third-order valence-corrected chi connectivity index (χ3v) is 6.72. The second kappa shape index (κ2) is 9.75. The predicted octanol–water partition coefficient (Wildman–Crippen LogP) is 4.34. The Balaban J connectivity index is 1.54. The first-order valence-corrected chi connectivity index (χ1v) is 11.6. The zero-order valence-electron chi connectivity index (χ0n) is 18.4. The zero-order valence-corrected chi connectivity index (χ0v) is 20.0. The van der Waals surface area contributed by atoms with Crippen LogP contribution >= 0.6 is 23.4 Å². The number of hydrogen-bond donors (Lipinski definition) is 0. The first-order valence-electron chi connectivity index (χ1n) is 10.4. The maximum absolute atomic E-state index is 12.3. The first-order chi connectivity index (χ1) is 16.6. The molecule has 0 aliphatic carbocycles. The molecule has 0 spiro atoms. The van der Waals surface area contributed by atoms with Crippen molar-refractivity contribution in [1.82, 2.24) is 9.55 Å². The molecule has 34 heavy (non-hydrogen) atoms. The van der Waals surface area contributed by atoms with E-state index in [2.05, 4.69) is 0 Å². The SMILES string of the molecule is COc1ccc(Sc2nc(C3OCCO3)n(Cc3cc4c(cc3Cl)OCO4)c2C=O)cc1OC. The van der Waals surface area contributed by atoms with Gasteiger partial charge in [-0.3, -0.25) is 4.79 Å². The minimum atomic E-state index is -0.689. The molecule has 0 bridgehead atoms. The minimum absolute atomic E-state index is 0.140. The van der Waals surface area contributed by atoms with Crippen LogP contribution in [0.2, 0.25) is 5.02 Å². The molecule has 178 valence electrons. The van der Waals surface area contributed by atoms with E-state index in [4.69, 9.17) is 45.0 Å². The summed E-state index contributed by atoms with van der Waals surface area (Å²) in [5.41, 5.74) is 1.12. The largest absolute Gasteiger partial charge is 0.493 e. The van der Waals surface area contributed by atoms with Crippen molar-refractivity contribution in [1.29, 1.82) is 0 Å². The topological polar surface area (TPSA) is 90.3 Å². The summed E-state index contributed by atoms with van der Waals surface area (Å²) in [4.78, 5) is 17.8. The molecule has 2 aliphatic rings. The van der Waals surface area contributed by atoms with Gasteiger partial charge in [0.15, 0.2) is 35.1 Å². The number of halogens is 1. The van der Waals surface area contributed by atoms with Crippen molar-refractivity contribution in [3.63, 3.8) is 0 Å². The van der Waals surface area contributed by atoms with Gasteiger partial charge >= 0.3 is 0 Å². The highest BCUT2D eigenvalue weighted by Crippen LogP contribution is 2.40. The normalized spacial score (nSPS) is 15.0. The Morgan fingerprint density at radius 3 is 2.56 bits per heavy atom. The Labute approximate surface area is 204 Å². The van der Waals surface area contributed by atoms with Crippen molar-refractivity contribution < 1.29 is 33.2 Å². The van der Waals surface area contributed by atoms with Gasteiger partial charge in [-0.2, -0.15) is 0 Å². The number of benzene rings is 2. The summed E-state index contributed by atoms with van der Waals surface area (Å²) < 4.78 is 34.8. The van der Waals surface area contributed by atoms with Crippen LogP contribution in [-0.2, 0) is 16.0 Å². The molecule has 1 aromatic heterocycles. The van der Waals surface area contributed by atoms with Crippen molar-refractivity contribution in [2.24, 2.45) is 0 Å². The van der Waals surface area contributed by atoms with Gasteiger partial charge < -0.3 is 33.0 Å². The van der Waals surface area contributed by atoms with Crippen LogP contribution in [0.4, 0.5) is 0 Å². The molecular formula is C23H21ClN2O7S. The summed E-state index contributed by atoms with van der Waals surface area (Å²) in [6, 6.07) is 9.01. The maximum atomic E-state index is 12.3. The molecule has 0 N–H and O–H groups in total. The number of aldehydes is 1. The lowest BCUT2D eigenvalue weighted by Gasteiger charge is -2.14. The Kier molecular flexibility index (Phi) is 6.55. The predicted molar refractivity (Wildman–Crippen MR) is 123 cm³/mol. The lowest BCUT2D eigenvalue weighted by atomic mass is 10.2. The van der Waals surface area contributed by atoms with E-state index in [1.807, 2.05) is 12.1 Å². The average molecular weight is 505 g/mol. The number of ether oxygens (including phenoxy) is 6. The Bertz CT molecular complexity index is 1230. The van der Waals surface area contributed by atoms with Crippen molar-refractivity contribution >= 4 is 29.6 Å². The average Bonchev–Trinajstić information content (AvgIpc) is 3.59. The van der Waals surface area contributed by atoms with E-state index < -0.39 is 6.29 Å². The molecule has 5 rings (SSSR count). The lowest BCUT2D eigenvalue weighted by molar-refractivity contribution is -0.0529. The van der Waals surface area contributed by atoms with Gasteiger partial charge in [0.05, 0.1) is 34.0 Å². The number of aromatic nitrogens is 2. The molecule has 1 fully saturated rings. The molecule has 2 aromatic carbocycles. The van der Waals surface area contributed by atoms with Gasteiger partial charge in [-0.25, -0.2) is 4.98 Å². The molecule has 1 saturated heterocycles. The summed E-state index contributed by atoms with van der Waals surface area (Å²) in [7, 11) is 3.14. The van der Waals surface area contributed by atoms with Gasteiger partial charge in [0.1, 0.15) is 10.7 Å². The molecule has 0 unspecified atom stereocenters. The fourth-order valence-corrected chi connectivity index (χ4v) is 4.89. The van der Waals surface area contributed by atoms with E-state index in [9.17, 15) is 4.79 Å². The molecular weight excluding hydrogens is 484 g/mol. The molecule has 0 saturated carbocycles. The molecule has 3 aromatic rings. The fraction of sp³-hybridized carbons (Fsp3) is 0.304. The summed E-state index contributed by atoms with van der Waals surface area (Å²) >= 11 is 7.84. The number of fused-ring (bicyclic) bond motifs is 1. The number of imidazole rings is 1. The van der Waals surface area contributed by atoms with Gasteiger partial charge in [-0.05, 0) is 29.8 Å². The van der Waals surface area contributed by atoms with E-state index in [0.29, 0.717) is 57.8 Å². The number of hydrogen-bond acceptors (Lipinski definition) is 9. The third kappa shape index (κ3) is 4.29. The van der Waals surface area contributed by atoms with Gasteiger partial charge in [0.2, 0.25) is 13.1 Å². The Hall–Kier alpha value is -2.92. The van der Waals surface area contributed by atoms with Crippen molar-refractivity contribution in [3.05, 3.63) is 52.4 Å². The van der Waals surface area contributed by atoms with Crippen LogP contribution in [0.3, 0.4) is 0 Å². The number of carbonyl (C=O) groups excluding carboxylic acids is 1. The van der Waals surface area contributed by atoms with E-state index in [-0.39, 0.29) is 13.3 Å². The molecule has 0 radical (unpaired) electrons. The monoisotopic (exact) mass is 504 g/mol. The fourth-order valence-electron chi connectivity index (χ4n) is 3.75. The quantitative estimate of drug-likeness (QED) is 0.415. The Morgan fingerprint density at radius 2 is 1.85 bits per heavy atom. The van der Waals surface area contributed by atoms with Crippen molar-refractivity contribution in [2.75, 3.05) is 34.2 Å². The maximum Gasteiger partial charge on any atom is 0.231 e. The lowest BCUT2D eigenvalue weighted by Crippen LogP contribution is -2.13. The minimum Gasteiger partial charge on any atom is -0.493 e. The van der Waals surface area contributed by atoms with Crippen LogP contribution in [0.25, 0.3) is 0 Å². The highest BCUT2D eigenvalue weighted by atomic mass is 35.5. The number of rotatable bonds is 8. The van der Waals surface area contributed by atoms with Gasteiger partial charge in [-0.1, -0.05) is 23.4 Å². The summed E-state index contributed by atoms with van der Waals surface area (Å²) in [5.74, 6) is 2.86. The van der Waals surface area contributed by atoms with Crippen molar-refractivity contribution in [3.8, 4) is 23.0 Å². The number of carbonyl (C=O) groups is 1. The van der Waals surface area contributed by atoms with E-state index >= 15 is 0 Å². The second-order valence-electron chi connectivity index (χ2n) is 7.35. The van der Waals surface area contributed by atoms with Gasteiger partial charge in [-0.15, -0.1) is 0 Å². The standard InChI is InChI=1S/C23H21ClN2O7S/c1-28-17-4-3-14(8-18(17)29-2)34-22-16(11-27)26(21(25-22)23-30-5-6-31-23)10-13-7-19-20(9-15(13)24)33-12-32-19/h3-4,7-9,11,23H,5-6,10,12H2,1-2H3. The molecule has 0 amide bonds. The summed E-state index contributed by atoms with van der Waals surface area (Å²) in [5, 5.41) is 0.997. The van der Waals surface area contributed by atoms with E-state index in [0.717, 1.165) is 16.7 Å². The highest BCUT2D eigenvalue weighted by Gasteiger charge is 2.29. The summed E-state index contributed by atoms with van der Waals surface area (Å²) in [6.45, 7) is 1.29. The second-order valence-corrected chi connectivity index (χ2v) is 8.82. The van der Waals surface area contributed by atoms with E-state index in [1.54, 1.807) is 37.0 Å². The highest BCUT2D eigenvalue weighted by molar-refractivity contribution is 7.99. The summed E-state index contributed by atoms with van der Waals surface area (Å²) in [6.07, 6.45) is 0.0846. The molecule has 3 heterocycles. The van der Waals surface area contributed by atoms with Crippen LogP contribution < -0.4 is 18.9 Å². The smallest absolute Gasteiger partial charge is 0.231 e. The van der Waals surface area contributed by atoms with Crippen LogP contribution in [0.1, 0.15) is 28.2 Å². The number of methoxy groups -OCH3 is 2. The van der Waals surface area contributed by atoms with Crippen LogP contribution in [0.15, 0.2) is 40.3 Å². The van der Waals surface area contributed by atoms with Gasteiger partial charge in [0.25, 0.3) is 0 Å².